The van der Waals surface area contributed by atoms with Crippen molar-refractivity contribution in [3.8, 4) is 0 Å². The highest BCUT2D eigenvalue weighted by molar-refractivity contribution is 8.00. The third-order valence-electron chi connectivity index (χ3n) is 3.94. The maximum Gasteiger partial charge on any atom is 0.240 e. The second kappa shape index (κ2) is 7.32. The van der Waals surface area contributed by atoms with E-state index in [1.54, 1.807) is 29.2 Å². The van der Waals surface area contributed by atoms with E-state index in [0.29, 0.717) is 13.0 Å². The van der Waals surface area contributed by atoms with Gasteiger partial charge in [-0.2, -0.15) is 0 Å². The summed E-state index contributed by atoms with van der Waals surface area (Å²) >= 11 is 0.991. The molecule has 0 aliphatic carbocycles. The standard InChI is InChI=1S/C18H17F2NO2S/c19-13-6-7-15(20)16(10-13)24-17(12-4-2-1-3-5-12)18(23)21-9-8-14(22)11-21/h1-7,10,14,17,22H,8-9,11H2/t14-,17?/m1/s1. The summed E-state index contributed by atoms with van der Waals surface area (Å²) in [6.07, 6.45) is 0.00738. The number of likely N-dealkylation sites (tertiary alicyclic amines) is 1. The molecule has 2 aromatic carbocycles. The van der Waals surface area contributed by atoms with Gasteiger partial charge in [-0.15, -0.1) is 11.8 Å². The number of β-amino-alcohol motifs (C(OH)–C–C–N with tert-alkyl or cyclic N) is 1. The molecule has 1 aliphatic heterocycles. The zero-order chi connectivity index (χ0) is 17.1. The van der Waals surface area contributed by atoms with Gasteiger partial charge in [0.05, 0.1) is 6.10 Å². The second-order valence-electron chi connectivity index (χ2n) is 5.71. The molecule has 0 saturated carbocycles. The molecule has 0 aromatic heterocycles. The topological polar surface area (TPSA) is 40.5 Å². The molecule has 1 amide bonds. The van der Waals surface area contributed by atoms with E-state index in [4.69, 9.17) is 0 Å². The van der Waals surface area contributed by atoms with Crippen LogP contribution in [-0.2, 0) is 4.79 Å². The molecule has 0 spiro atoms. The van der Waals surface area contributed by atoms with Gasteiger partial charge in [0.1, 0.15) is 16.9 Å². The van der Waals surface area contributed by atoms with Gasteiger partial charge < -0.3 is 10.0 Å². The predicted octanol–water partition coefficient (Wildman–Crippen LogP) is 3.39. The second-order valence-corrected chi connectivity index (χ2v) is 6.86. The van der Waals surface area contributed by atoms with Crippen LogP contribution >= 0.6 is 11.8 Å². The van der Waals surface area contributed by atoms with Crippen LogP contribution in [0.2, 0.25) is 0 Å². The van der Waals surface area contributed by atoms with Gasteiger partial charge in [-0.05, 0) is 30.2 Å². The van der Waals surface area contributed by atoms with Crippen LogP contribution < -0.4 is 0 Å². The monoisotopic (exact) mass is 349 g/mol. The largest absolute Gasteiger partial charge is 0.391 e. The zero-order valence-corrected chi connectivity index (χ0v) is 13.7. The molecule has 6 heteroatoms. The maximum atomic E-state index is 14.0. The van der Waals surface area contributed by atoms with Crippen LogP contribution in [0.15, 0.2) is 53.4 Å². The Morgan fingerprint density at radius 3 is 2.62 bits per heavy atom. The van der Waals surface area contributed by atoms with Crippen molar-refractivity contribution in [2.45, 2.75) is 22.7 Å². The Balaban J connectivity index is 1.90. The molecule has 1 heterocycles. The summed E-state index contributed by atoms with van der Waals surface area (Å²) in [5.74, 6) is -1.31. The summed E-state index contributed by atoms with van der Waals surface area (Å²) in [4.78, 5) is 14.5. The van der Waals surface area contributed by atoms with Crippen LogP contribution in [0.5, 0.6) is 0 Å². The number of aliphatic hydroxyl groups is 1. The first-order valence-electron chi connectivity index (χ1n) is 7.68. The first-order valence-corrected chi connectivity index (χ1v) is 8.56. The average Bonchev–Trinajstić information content (AvgIpc) is 3.02. The Bertz CT molecular complexity index is 726. The van der Waals surface area contributed by atoms with Gasteiger partial charge in [-0.25, -0.2) is 8.78 Å². The van der Waals surface area contributed by atoms with Crippen molar-refractivity contribution in [1.29, 1.82) is 0 Å². The Kier molecular flexibility index (Phi) is 5.16. The van der Waals surface area contributed by atoms with Gasteiger partial charge in [0.25, 0.3) is 0 Å². The summed E-state index contributed by atoms with van der Waals surface area (Å²) < 4.78 is 27.4. The first-order chi connectivity index (χ1) is 11.5. The van der Waals surface area contributed by atoms with Gasteiger partial charge >= 0.3 is 0 Å². The van der Waals surface area contributed by atoms with E-state index in [0.717, 1.165) is 35.5 Å². The Morgan fingerprint density at radius 2 is 1.96 bits per heavy atom. The number of halogens is 2. The molecule has 0 bridgehead atoms. The molecule has 1 saturated heterocycles. The molecule has 1 unspecified atom stereocenters. The average molecular weight is 349 g/mol. The van der Waals surface area contributed by atoms with Gasteiger partial charge in [0.2, 0.25) is 5.91 Å². The molecule has 1 N–H and O–H groups in total. The van der Waals surface area contributed by atoms with Gasteiger partial charge in [-0.1, -0.05) is 30.3 Å². The zero-order valence-electron chi connectivity index (χ0n) is 12.9. The van der Waals surface area contributed by atoms with Gasteiger partial charge in [0.15, 0.2) is 0 Å². The summed E-state index contributed by atoms with van der Waals surface area (Å²) in [7, 11) is 0. The summed E-state index contributed by atoms with van der Waals surface area (Å²) in [6, 6.07) is 12.2. The third kappa shape index (κ3) is 3.76. The summed E-state index contributed by atoms with van der Waals surface area (Å²) in [6.45, 7) is 0.740. The molecule has 2 atom stereocenters. The highest BCUT2D eigenvalue weighted by Gasteiger charge is 2.32. The van der Waals surface area contributed by atoms with Gasteiger partial charge in [0, 0.05) is 18.0 Å². The molecular weight excluding hydrogens is 332 g/mol. The lowest BCUT2D eigenvalue weighted by Crippen LogP contribution is -2.33. The number of thioether (sulfide) groups is 1. The predicted molar refractivity (Wildman–Crippen MR) is 88.6 cm³/mol. The van der Waals surface area contributed by atoms with E-state index in [9.17, 15) is 18.7 Å². The Hall–Kier alpha value is -1.92. The van der Waals surface area contributed by atoms with Gasteiger partial charge in [-0.3, -0.25) is 4.79 Å². The lowest BCUT2D eigenvalue weighted by Gasteiger charge is -2.23. The summed E-state index contributed by atoms with van der Waals surface area (Å²) in [5.41, 5.74) is 0.720. The highest BCUT2D eigenvalue weighted by Crippen LogP contribution is 2.38. The molecule has 2 aromatic rings. The van der Waals surface area contributed by atoms with E-state index in [1.807, 2.05) is 6.07 Å². The Morgan fingerprint density at radius 1 is 1.21 bits per heavy atom. The van der Waals surface area contributed by atoms with Crippen molar-refractivity contribution in [3.63, 3.8) is 0 Å². The number of carbonyl (C=O) groups excluding carboxylic acids is 1. The molecular formula is C18H17F2NO2S. The lowest BCUT2D eigenvalue weighted by atomic mass is 10.1. The normalized spacial score (nSPS) is 18.6. The summed E-state index contributed by atoms with van der Waals surface area (Å²) in [5, 5.41) is 8.97. The van der Waals surface area contributed by atoms with Crippen LogP contribution in [0, 0.1) is 11.6 Å². The van der Waals surface area contributed by atoms with E-state index in [2.05, 4.69) is 0 Å². The molecule has 3 nitrogen and oxygen atoms in total. The number of nitrogens with zero attached hydrogens (tertiary/aromatic N) is 1. The van der Waals surface area contributed by atoms with Crippen LogP contribution in [0.25, 0.3) is 0 Å². The smallest absolute Gasteiger partial charge is 0.240 e. The number of carbonyl (C=O) groups is 1. The van der Waals surface area contributed by atoms with Crippen LogP contribution in [0.4, 0.5) is 8.78 Å². The van der Waals surface area contributed by atoms with Crippen molar-refractivity contribution in [2.75, 3.05) is 13.1 Å². The van der Waals surface area contributed by atoms with Crippen LogP contribution in [0.3, 0.4) is 0 Å². The number of rotatable bonds is 4. The minimum absolute atomic E-state index is 0.0944. The van der Waals surface area contributed by atoms with Crippen molar-refractivity contribution in [3.05, 3.63) is 65.7 Å². The number of hydrogen-bond donors (Lipinski definition) is 1. The minimum Gasteiger partial charge on any atom is -0.391 e. The van der Waals surface area contributed by atoms with Crippen molar-refractivity contribution >= 4 is 17.7 Å². The fraction of sp³-hybridized carbons (Fsp3) is 0.278. The van der Waals surface area contributed by atoms with E-state index >= 15 is 0 Å². The van der Waals surface area contributed by atoms with E-state index < -0.39 is 23.0 Å². The number of benzene rings is 2. The van der Waals surface area contributed by atoms with Crippen LogP contribution in [0.1, 0.15) is 17.2 Å². The fourth-order valence-electron chi connectivity index (χ4n) is 2.69. The molecule has 126 valence electrons. The van der Waals surface area contributed by atoms with Crippen LogP contribution in [-0.4, -0.2) is 35.1 Å². The molecule has 1 aliphatic rings. The van der Waals surface area contributed by atoms with E-state index in [-0.39, 0.29) is 17.3 Å². The van der Waals surface area contributed by atoms with Crippen molar-refractivity contribution in [2.24, 2.45) is 0 Å². The SMILES string of the molecule is O=C(C(Sc1cc(F)ccc1F)c1ccccc1)N1CC[C@@H](O)C1. The third-order valence-corrected chi connectivity index (χ3v) is 5.22. The number of hydrogen-bond acceptors (Lipinski definition) is 3. The molecule has 0 radical (unpaired) electrons. The number of amides is 1. The lowest BCUT2D eigenvalue weighted by molar-refractivity contribution is -0.130. The minimum atomic E-state index is -0.687. The quantitative estimate of drug-likeness (QED) is 0.860. The number of aliphatic hydroxyl groups excluding tert-OH is 1. The van der Waals surface area contributed by atoms with Crippen molar-refractivity contribution in [1.82, 2.24) is 4.90 Å². The first kappa shape index (κ1) is 16.9. The highest BCUT2D eigenvalue weighted by atomic mass is 32.2. The fourth-order valence-corrected chi connectivity index (χ4v) is 3.85. The Labute approximate surface area is 143 Å². The molecule has 24 heavy (non-hydrogen) atoms. The van der Waals surface area contributed by atoms with Crippen molar-refractivity contribution < 1.29 is 18.7 Å². The van der Waals surface area contributed by atoms with E-state index in [1.165, 1.54) is 0 Å². The molecule has 1 fully saturated rings. The maximum absolute atomic E-state index is 14.0. The molecule has 3 rings (SSSR count).